The maximum atomic E-state index is 12.0. The Balaban J connectivity index is 4.80. The minimum Gasteiger partial charge on any atom is -0.480 e. The number of aliphatic carboxylic acids is 2. The van der Waals surface area contributed by atoms with Crippen molar-refractivity contribution in [1.29, 1.82) is 0 Å². The van der Waals surface area contributed by atoms with E-state index in [4.69, 9.17) is 27.4 Å². The Morgan fingerprint density at radius 3 is 1.95 bits per heavy atom. The first kappa shape index (κ1) is 20.1. The van der Waals surface area contributed by atoms with E-state index in [9.17, 15) is 19.5 Å². The highest BCUT2D eigenvalue weighted by Crippen LogP contribution is 2.30. The summed E-state index contributed by atoms with van der Waals surface area (Å²) in [6, 6.07) is -3.95. The molecule has 5 atom stereocenters. The summed E-state index contributed by atoms with van der Waals surface area (Å²) in [5, 5.41) is 25.6. The number of aliphatic hydroxyl groups excluding tert-OH is 1. The maximum absolute atomic E-state index is 12.0. The van der Waals surface area contributed by atoms with Gasteiger partial charge in [-0.25, -0.2) is 0 Å². The third kappa shape index (κ3) is 6.63. The zero-order chi connectivity index (χ0) is 16.7. The van der Waals surface area contributed by atoms with Gasteiger partial charge in [-0.05, 0) is 6.92 Å². The fourth-order valence-electron chi connectivity index (χ4n) is 1.10. The number of carboxylic acids is 2. The van der Waals surface area contributed by atoms with Crippen molar-refractivity contribution in [2.24, 2.45) is 17.2 Å². The Labute approximate surface area is 129 Å². The van der Waals surface area contributed by atoms with E-state index in [1.807, 2.05) is 0 Å². The smallest absolute Gasteiger partial charge is 0.322 e. The summed E-state index contributed by atoms with van der Waals surface area (Å²) >= 11 is 0. The Morgan fingerprint density at radius 1 is 1.05 bits per heavy atom. The van der Waals surface area contributed by atoms with Gasteiger partial charge in [0.1, 0.15) is 17.3 Å². The highest BCUT2D eigenvalue weighted by atomic mass is 33.1. The van der Waals surface area contributed by atoms with Crippen LogP contribution in [0.5, 0.6) is 0 Å². The number of aliphatic hydroxyl groups is 1. The average Bonchev–Trinajstić information content (AvgIpc) is 2.40. The van der Waals surface area contributed by atoms with Gasteiger partial charge in [0.15, 0.2) is 5.78 Å². The molecule has 21 heavy (non-hydrogen) atoms. The van der Waals surface area contributed by atoms with Crippen LogP contribution in [0.15, 0.2) is 0 Å². The number of carbonyl (C=O) groups excluding carboxylic acids is 1. The van der Waals surface area contributed by atoms with Gasteiger partial charge in [0.2, 0.25) is 0 Å². The van der Waals surface area contributed by atoms with Crippen LogP contribution in [0.4, 0.5) is 0 Å². The summed E-state index contributed by atoms with van der Waals surface area (Å²) in [4.78, 5) is 33.5. The quantitative estimate of drug-likeness (QED) is 0.237. The van der Waals surface area contributed by atoms with E-state index in [2.05, 4.69) is 0 Å². The molecule has 0 saturated carbocycles. The molecular formula is C10H19N3O6S2. The number of hydrogen-bond acceptors (Lipinski definition) is 9. The lowest BCUT2D eigenvalue weighted by molar-refractivity contribution is -0.140. The summed E-state index contributed by atoms with van der Waals surface area (Å²) in [6.07, 6.45) is -1.16. The van der Waals surface area contributed by atoms with Gasteiger partial charge >= 0.3 is 11.9 Å². The zero-order valence-electron chi connectivity index (χ0n) is 11.2. The molecule has 11 heteroatoms. The standard InChI is InChI=1S/C10H19N3O6S2/c1-3(14)5(12)7(15)8(6(13)10(18)19)21-20-2-4(11)9(16)17/h3-6,8,14H,2,11-13H2,1H3,(H,16,17)(H,18,19)/t3-,4+,5+,6+,8?/m1/s1. The second-order valence-electron chi connectivity index (χ2n) is 4.28. The molecule has 0 amide bonds. The van der Waals surface area contributed by atoms with Gasteiger partial charge in [0.25, 0.3) is 0 Å². The largest absolute Gasteiger partial charge is 0.480 e. The molecule has 0 aliphatic carbocycles. The molecule has 0 aromatic carbocycles. The summed E-state index contributed by atoms with van der Waals surface area (Å²) < 4.78 is 0. The van der Waals surface area contributed by atoms with Gasteiger partial charge < -0.3 is 32.5 Å². The van der Waals surface area contributed by atoms with Crippen molar-refractivity contribution < 1.29 is 29.7 Å². The second-order valence-corrected chi connectivity index (χ2v) is 6.83. The van der Waals surface area contributed by atoms with Crippen LogP contribution < -0.4 is 17.2 Å². The van der Waals surface area contributed by atoms with Crippen molar-refractivity contribution >= 4 is 39.3 Å². The second kappa shape index (κ2) is 9.23. The molecule has 0 aliphatic heterocycles. The van der Waals surface area contributed by atoms with Crippen LogP contribution in [0.3, 0.4) is 0 Å². The Morgan fingerprint density at radius 2 is 1.57 bits per heavy atom. The van der Waals surface area contributed by atoms with E-state index in [-0.39, 0.29) is 5.75 Å². The fourth-order valence-corrected chi connectivity index (χ4v) is 3.86. The van der Waals surface area contributed by atoms with Crippen molar-refractivity contribution in [3.8, 4) is 0 Å². The van der Waals surface area contributed by atoms with Gasteiger partial charge in [-0.2, -0.15) is 0 Å². The van der Waals surface area contributed by atoms with Crippen LogP contribution in [0.1, 0.15) is 6.92 Å². The first-order valence-electron chi connectivity index (χ1n) is 5.82. The minimum atomic E-state index is -1.53. The molecule has 0 bridgehead atoms. The molecule has 0 spiro atoms. The maximum Gasteiger partial charge on any atom is 0.322 e. The molecule has 0 fully saturated rings. The molecule has 122 valence electrons. The van der Waals surface area contributed by atoms with Crippen LogP contribution >= 0.6 is 21.6 Å². The van der Waals surface area contributed by atoms with E-state index in [0.717, 1.165) is 21.6 Å². The number of Topliss-reactive ketones (excluding diaryl/α,β-unsaturated/α-hetero) is 1. The highest BCUT2D eigenvalue weighted by molar-refractivity contribution is 8.77. The Bertz CT molecular complexity index is 395. The van der Waals surface area contributed by atoms with Gasteiger partial charge in [0, 0.05) is 5.75 Å². The predicted octanol–water partition coefficient (Wildman–Crippen LogP) is -2.16. The fraction of sp³-hybridized carbons (Fsp3) is 0.700. The Hall–Kier alpha value is -0.850. The lowest BCUT2D eigenvalue weighted by Gasteiger charge is -2.23. The molecule has 0 aliphatic rings. The van der Waals surface area contributed by atoms with Gasteiger partial charge in [0.05, 0.1) is 12.1 Å². The first-order chi connectivity index (χ1) is 9.59. The molecular weight excluding hydrogens is 322 g/mol. The zero-order valence-corrected chi connectivity index (χ0v) is 12.8. The van der Waals surface area contributed by atoms with Crippen molar-refractivity contribution in [1.82, 2.24) is 0 Å². The molecule has 0 heterocycles. The van der Waals surface area contributed by atoms with Crippen LogP contribution in [0, 0.1) is 0 Å². The molecule has 1 unspecified atom stereocenters. The number of rotatable bonds is 10. The molecule has 0 rings (SSSR count). The van der Waals surface area contributed by atoms with Crippen molar-refractivity contribution in [3.63, 3.8) is 0 Å². The highest BCUT2D eigenvalue weighted by Gasteiger charge is 2.36. The SMILES string of the molecule is C[C@@H](O)[C@H](N)C(=O)C(SSC[C@H](N)C(=O)O)[C@H](N)C(=O)O. The summed E-state index contributed by atoms with van der Waals surface area (Å²) in [5.74, 6) is -3.38. The minimum absolute atomic E-state index is 0.0416. The van der Waals surface area contributed by atoms with Gasteiger partial charge in [-0.15, -0.1) is 0 Å². The van der Waals surface area contributed by atoms with Gasteiger partial charge in [-0.1, -0.05) is 21.6 Å². The van der Waals surface area contributed by atoms with Crippen LogP contribution in [-0.4, -0.2) is 68.3 Å². The molecule has 0 saturated heterocycles. The van der Waals surface area contributed by atoms with Crippen molar-refractivity contribution in [2.75, 3.05) is 5.75 Å². The average molecular weight is 341 g/mol. The lowest BCUT2D eigenvalue weighted by Crippen LogP contribution is -2.52. The molecule has 0 aromatic rings. The van der Waals surface area contributed by atoms with E-state index in [0.29, 0.717) is 0 Å². The third-order valence-corrected chi connectivity index (χ3v) is 5.28. The number of carboxylic acid groups (broad SMARTS) is 2. The van der Waals surface area contributed by atoms with Crippen molar-refractivity contribution in [3.05, 3.63) is 0 Å². The molecule has 0 aromatic heterocycles. The van der Waals surface area contributed by atoms with Crippen LogP contribution in [0.25, 0.3) is 0 Å². The van der Waals surface area contributed by atoms with E-state index in [1.54, 1.807) is 0 Å². The normalized spacial score (nSPS) is 18.3. The Kier molecular flexibility index (Phi) is 8.85. The number of nitrogens with two attached hydrogens (primary N) is 3. The summed E-state index contributed by atoms with van der Waals surface area (Å²) in [5.41, 5.74) is 16.2. The summed E-state index contributed by atoms with van der Waals surface area (Å²) in [7, 11) is 1.69. The number of hydrogen-bond donors (Lipinski definition) is 6. The van der Waals surface area contributed by atoms with Crippen LogP contribution in [-0.2, 0) is 14.4 Å². The monoisotopic (exact) mass is 341 g/mol. The van der Waals surface area contributed by atoms with Crippen LogP contribution in [0.2, 0.25) is 0 Å². The van der Waals surface area contributed by atoms with Crippen molar-refractivity contribution in [2.45, 2.75) is 36.4 Å². The third-order valence-electron chi connectivity index (χ3n) is 2.48. The number of carbonyl (C=O) groups is 3. The molecule has 9 N–H and O–H groups in total. The van der Waals surface area contributed by atoms with E-state index < -0.39 is 47.2 Å². The summed E-state index contributed by atoms with van der Waals surface area (Å²) in [6.45, 7) is 1.30. The van der Waals surface area contributed by atoms with Gasteiger partial charge in [-0.3, -0.25) is 14.4 Å². The van der Waals surface area contributed by atoms with E-state index in [1.165, 1.54) is 6.92 Å². The lowest BCUT2D eigenvalue weighted by atomic mass is 10.0. The van der Waals surface area contributed by atoms with E-state index >= 15 is 0 Å². The molecule has 9 nitrogen and oxygen atoms in total. The topological polar surface area (TPSA) is 190 Å². The number of ketones is 1. The predicted molar refractivity (Wildman–Crippen MR) is 79.7 cm³/mol. The first-order valence-corrected chi connectivity index (χ1v) is 8.20. The molecule has 0 radical (unpaired) electrons.